The highest BCUT2D eigenvalue weighted by Gasteiger charge is 2.17. The Kier molecular flexibility index (Phi) is 6.31. The molecular formula is C9H22N2O2S. The van der Waals surface area contributed by atoms with Crippen molar-refractivity contribution in [2.24, 2.45) is 5.92 Å². The Labute approximate surface area is 87.7 Å². The third-order valence-corrected chi connectivity index (χ3v) is 3.70. The zero-order valence-electron chi connectivity index (χ0n) is 9.58. The van der Waals surface area contributed by atoms with E-state index in [0.29, 0.717) is 19.0 Å². The van der Waals surface area contributed by atoms with Crippen LogP contribution in [0.1, 0.15) is 20.8 Å². The van der Waals surface area contributed by atoms with Crippen LogP contribution in [0.2, 0.25) is 0 Å². The van der Waals surface area contributed by atoms with Gasteiger partial charge in [0.1, 0.15) is 0 Å². The quantitative estimate of drug-likeness (QED) is 0.639. The van der Waals surface area contributed by atoms with E-state index in [2.05, 4.69) is 5.32 Å². The van der Waals surface area contributed by atoms with Gasteiger partial charge in [-0.05, 0) is 12.5 Å². The van der Waals surface area contributed by atoms with Crippen LogP contribution in [0.25, 0.3) is 0 Å². The fourth-order valence-electron chi connectivity index (χ4n) is 1.16. The van der Waals surface area contributed by atoms with Crippen LogP contribution in [0.4, 0.5) is 0 Å². The first-order valence-electron chi connectivity index (χ1n) is 5.05. The first kappa shape index (κ1) is 13.9. The Morgan fingerprint density at radius 1 is 1.36 bits per heavy atom. The number of nitrogens with zero attached hydrogens (tertiary/aromatic N) is 1. The van der Waals surface area contributed by atoms with Gasteiger partial charge in [0.25, 0.3) is 0 Å². The maximum Gasteiger partial charge on any atom is 0.215 e. The summed E-state index contributed by atoms with van der Waals surface area (Å²) in [6, 6.07) is 0. The van der Waals surface area contributed by atoms with E-state index in [0.717, 1.165) is 6.54 Å². The molecule has 0 rings (SSSR count). The maximum absolute atomic E-state index is 11.6. The largest absolute Gasteiger partial charge is 0.316 e. The molecule has 0 aliphatic carbocycles. The van der Waals surface area contributed by atoms with Gasteiger partial charge >= 0.3 is 0 Å². The number of sulfonamides is 1. The van der Waals surface area contributed by atoms with Gasteiger partial charge in [0.05, 0.1) is 5.75 Å². The molecule has 0 saturated heterocycles. The Balaban J connectivity index is 4.04. The van der Waals surface area contributed by atoms with Crippen molar-refractivity contribution in [1.82, 2.24) is 9.62 Å². The van der Waals surface area contributed by atoms with Gasteiger partial charge in [-0.1, -0.05) is 20.8 Å². The molecule has 14 heavy (non-hydrogen) atoms. The number of nitrogens with one attached hydrogen (secondary N) is 1. The van der Waals surface area contributed by atoms with Crippen LogP contribution in [-0.4, -0.2) is 45.2 Å². The molecule has 0 aliphatic rings. The topological polar surface area (TPSA) is 49.4 Å². The van der Waals surface area contributed by atoms with Crippen molar-refractivity contribution in [2.45, 2.75) is 20.8 Å². The third kappa shape index (κ3) is 5.57. The second-order valence-electron chi connectivity index (χ2n) is 3.84. The van der Waals surface area contributed by atoms with Gasteiger partial charge in [-0.3, -0.25) is 0 Å². The average Bonchev–Trinajstić information content (AvgIpc) is 2.03. The van der Waals surface area contributed by atoms with E-state index in [9.17, 15) is 8.42 Å². The predicted octanol–water partition coefficient (Wildman–Crippen LogP) is 0.514. The molecule has 0 aromatic heterocycles. The van der Waals surface area contributed by atoms with Crippen molar-refractivity contribution >= 4 is 10.0 Å². The lowest BCUT2D eigenvalue weighted by molar-refractivity contribution is 0.416. The molecule has 1 N–H and O–H groups in total. The lowest BCUT2D eigenvalue weighted by atomic mass is 10.2. The van der Waals surface area contributed by atoms with Gasteiger partial charge in [0, 0.05) is 20.1 Å². The average molecular weight is 222 g/mol. The van der Waals surface area contributed by atoms with Gasteiger partial charge in [-0.15, -0.1) is 0 Å². The first-order valence-corrected chi connectivity index (χ1v) is 6.65. The summed E-state index contributed by atoms with van der Waals surface area (Å²) in [7, 11) is -1.42. The molecule has 0 saturated carbocycles. The third-order valence-electron chi connectivity index (χ3n) is 1.88. The van der Waals surface area contributed by atoms with Crippen LogP contribution in [0, 0.1) is 5.92 Å². The molecule has 4 nitrogen and oxygen atoms in total. The van der Waals surface area contributed by atoms with E-state index in [1.165, 1.54) is 4.31 Å². The first-order chi connectivity index (χ1) is 6.40. The monoisotopic (exact) mass is 222 g/mol. The molecule has 0 atom stereocenters. The minimum absolute atomic E-state index is 0.185. The van der Waals surface area contributed by atoms with Crippen LogP contribution in [0.3, 0.4) is 0 Å². The van der Waals surface area contributed by atoms with E-state index in [1.54, 1.807) is 7.05 Å². The van der Waals surface area contributed by atoms with E-state index < -0.39 is 10.0 Å². The zero-order valence-corrected chi connectivity index (χ0v) is 10.4. The number of hydrogen-bond donors (Lipinski definition) is 1. The summed E-state index contributed by atoms with van der Waals surface area (Å²) in [6.07, 6.45) is 0. The Morgan fingerprint density at radius 2 is 1.93 bits per heavy atom. The SMILES string of the molecule is CCNCCS(=O)(=O)N(C)CC(C)C. The lowest BCUT2D eigenvalue weighted by Gasteiger charge is -2.19. The summed E-state index contributed by atoms with van der Waals surface area (Å²) in [5, 5.41) is 3.01. The summed E-state index contributed by atoms with van der Waals surface area (Å²) in [6.45, 7) is 7.91. The second kappa shape index (κ2) is 6.37. The number of hydrogen-bond acceptors (Lipinski definition) is 3. The van der Waals surface area contributed by atoms with E-state index in [1.807, 2.05) is 20.8 Å². The smallest absolute Gasteiger partial charge is 0.215 e. The predicted molar refractivity (Wildman–Crippen MR) is 59.8 cm³/mol. The highest BCUT2D eigenvalue weighted by Crippen LogP contribution is 2.02. The molecule has 0 aromatic carbocycles. The van der Waals surface area contributed by atoms with Crippen LogP contribution in [0.15, 0.2) is 0 Å². The fraction of sp³-hybridized carbons (Fsp3) is 1.00. The van der Waals surface area contributed by atoms with Crippen molar-refractivity contribution in [3.8, 4) is 0 Å². The molecule has 0 fully saturated rings. The molecule has 0 aliphatic heterocycles. The lowest BCUT2D eigenvalue weighted by Crippen LogP contribution is -2.35. The highest BCUT2D eigenvalue weighted by molar-refractivity contribution is 7.89. The van der Waals surface area contributed by atoms with Crippen molar-refractivity contribution in [3.63, 3.8) is 0 Å². The van der Waals surface area contributed by atoms with Gasteiger partial charge in [-0.25, -0.2) is 12.7 Å². The van der Waals surface area contributed by atoms with Gasteiger partial charge in [0.15, 0.2) is 0 Å². The molecule has 0 aromatic rings. The normalized spacial score (nSPS) is 12.7. The second-order valence-corrected chi connectivity index (χ2v) is 6.04. The van der Waals surface area contributed by atoms with Crippen molar-refractivity contribution < 1.29 is 8.42 Å². The molecule has 0 bridgehead atoms. The molecular weight excluding hydrogens is 200 g/mol. The van der Waals surface area contributed by atoms with Crippen molar-refractivity contribution in [3.05, 3.63) is 0 Å². The molecule has 0 spiro atoms. The van der Waals surface area contributed by atoms with E-state index >= 15 is 0 Å². The van der Waals surface area contributed by atoms with Gasteiger partial charge in [-0.2, -0.15) is 0 Å². The summed E-state index contributed by atoms with van der Waals surface area (Å²) >= 11 is 0. The molecule has 0 radical (unpaired) electrons. The van der Waals surface area contributed by atoms with Crippen LogP contribution in [-0.2, 0) is 10.0 Å². The maximum atomic E-state index is 11.6. The van der Waals surface area contributed by atoms with Crippen LogP contribution >= 0.6 is 0 Å². The molecule has 0 heterocycles. The minimum atomic E-state index is -3.06. The molecule has 5 heteroatoms. The van der Waals surface area contributed by atoms with Crippen LogP contribution in [0.5, 0.6) is 0 Å². The van der Waals surface area contributed by atoms with Gasteiger partial charge < -0.3 is 5.32 Å². The van der Waals surface area contributed by atoms with Crippen molar-refractivity contribution in [2.75, 3.05) is 32.4 Å². The summed E-state index contributed by atoms with van der Waals surface area (Å²) < 4.78 is 24.7. The van der Waals surface area contributed by atoms with E-state index in [4.69, 9.17) is 0 Å². The Bertz CT molecular complexity index is 237. The van der Waals surface area contributed by atoms with E-state index in [-0.39, 0.29) is 5.75 Å². The summed E-state index contributed by atoms with van der Waals surface area (Å²) in [5.74, 6) is 0.554. The number of rotatable bonds is 7. The summed E-state index contributed by atoms with van der Waals surface area (Å²) in [4.78, 5) is 0. The zero-order chi connectivity index (χ0) is 11.2. The highest BCUT2D eigenvalue weighted by atomic mass is 32.2. The summed E-state index contributed by atoms with van der Waals surface area (Å²) in [5.41, 5.74) is 0. The Morgan fingerprint density at radius 3 is 2.36 bits per heavy atom. The molecule has 0 unspecified atom stereocenters. The van der Waals surface area contributed by atoms with Gasteiger partial charge in [0.2, 0.25) is 10.0 Å². The Hall–Kier alpha value is -0.130. The standard InChI is InChI=1S/C9H22N2O2S/c1-5-10-6-7-14(12,13)11(4)8-9(2)3/h9-10H,5-8H2,1-4H3. The molecule has 0 amide bonds. The van der Waals surface area contributed by atoms with Crippen molar-refractivity contribution in [1.29, 1.82) is 0 Å². The fourth-order valence-corrected chi connectivity index (χ4v) is 2.40. The minimum Gasteiger partial charge on any atom is -0.316 e. The molecule has 86 valence electrons. The van der Waals surface area contributed by atoms with Crippen LogP contribution < -0.4 is 5.32 Å².